The summed E-state index contributed by atoms with van der Waals surface area (Å²) in [7, 11) is 0. The molecule has 1 aliphatic rings. The highest BCUT2D eigenvalue weighted by atomic mass is 32.2. The van der Waals surface area contributed by atoms with Gasteiger partial charge in [-0.1, -0.05) is 153 Å². The smallest absolute Gasteiger partial charge is 0.207 e. The lowest BCUT2D eigenvalue weighted by Gasteiger charge is -2.09. The van der Waals surface area contributed by atoms with Gasteiger partial charge in [0.15, 0.2) is 0 Å². The molecule has 2 aromatic rings. The van der Waals surface area contributed by atoms with Gasteiger partial charge in [-0.3, -0.25) is 4.79 Å². The van der Waals surface area contributed by atoms with Crippen molar-refractivity contribution < 1.29 is 13.6 Å². The zero-order chi connectivity index (χ0) is 31.1. The molecule has 0 amide bonds. The number of allylic oxidation sites excluding steroid dienone is 3. The van der Waals surface area contributed by atoms with Gasteiger partial charge < -0.3 is 5.73 Å². The molecule has 3 rings (SSSR count). The van der Waals surface area contributed by atoms with Gasteiger partial charge >= 0.3 is 0 Å². The summed E-state index contributed by atoms with van der Waals surface area (Å²) in [5.41, 5.74) is 7.85. The van der Waals surface area contributed by atoms with E-state index in [0.717, 1.165) is 29.8 Å². The molecule has 2 nitrogen and oxygen atoms in total. The first-order chi connectivity index (χ1) is 19.0. The Kier molecular flexibility index (Phi) is 27.8. The summed E-state index contributed by atoms with van der Waals surface area (Å²) in [6, 6.07) is 11.7. The summed E-state index contributed by atoms with van der Waals surface area (Å²) in [6.45, 7) is 21.8. The van der Waals surface area contributed by atoms with Crippen LogP contribution >= 0.6 is 11.8 Å². The van der Waals surface area contributed by atoms with Gasteiger partial charge in [-0.15, -0.1) is 0 Å². The third-order valence-electron chi connectivity index (χ3n) is 5.73. The minimum absolute atomic E-state index is 0. The second-order valence-electron chi connectivity index (χ2n) is 9.81. The van der Waals surface area contributed by atoms with Crippen LogP contribution in [-0.2, 0) is 0 Å². The Morgan fingerprint density at radius 1 is 0.878 bits per heavy atom. The zero-order valence-electron chi connectivity index (χ0n) is 26.6. The fourth-order valence-corrected chi connectivity index (χ4v) is 3.85. The molecule has 2 N–H and O–H groups in total. The second-order valence-corrected chi connectivity index (χ2v) is 11.1. The Morgan fingerprint density at radius 2 is 1.29 bits per heavy atom. The van der Waals surface area contributed by atoms with Crippen LogP contribution < -0.4 is 5.73 Å². The number of hydrogen-bond acceptors (Lipinski definition) is 3. The molecule has 0 spiro atoms. The molecule has 1 aliphatic carbocycles. The van der Waals surface area contributed by atoms with Crippen LogP contribution in [0.15, 0.2) is 64.6 Å². The van der Waals surface area contributed by atoms with Crippen molar-refractivity contribution in [3.05, 3.63) is 92.9 Å². The highest BCUT2D eigenvalue weighted by molar-refractivity contribution is 8.07. The molecule has 234 valence electrons. The van der Waals surface area contributed by atoms with E-state index in [0.29, 0.717) is 4.91 Å². The molecular formula is C36H59F2NOS. The molecule has 0 bridgehead atoms. The molecule has 0 aromatic heterocycles. The van der Waals surface area contributed by atoms with Crippen LogP contribution in [0.5, 0.6) is 0 Å². The van der Waals surface area contributed by atoms with E-state index in [2.05, 4.69) is 65.5 Å². The van der Waals surface area contributed by atoms with Gasteiger partial charge in [0.05, 0.1) is 10.5 Å². The van der Waals surface area contributed by atoms with Crippen molar-refractivity contribution in [2.45, 2.75) is 121 Å². The van der Waals surface area contributed by atoms with E-state index >= 15 is 0 Å². The number of nitrogens with two attached hydrogens (primary N) is 1. The van der Waals surface area contributed by atoms with E-state index in [1.165, 1.54) is 75.5 Å². The minimum atomic E-state index is -0.902. The van der Waals surface area contributed by atoms with Crippen molar-refractivity contribution in [1.29, 1.82) is 0 Å². The molecule has 2 aromatic carbocycles. The maximum absolute atomic E-state index is 13.5. The van der Waals surface area contributed by atoms with E-state index in [9.17, 15) is 13.6 Å². The van der Waals surface area contributed by atoms with Crippen LogP contribution in [0.3, 0.4) is 0 Å². The molecule has 0 unspecified atom stereocenters. The number of thioether (sulfide) groups is 1. The number of hydrogen-bond donors (Lipinski definition) is 1. The average molecular weight is 592 g/mol. The molecule has 0 atom stereocenters. The molecule has 0 saturated heterocycles. The summed E-state index contributed by atoms with van der Waals surface area (Å²) < 4.78 is 27.0. The summed E-state index contributed by atoms with van der Waals surface area (Å²) in [6.07, 6.45) is 11.4. The van der Waals surface area contributed by atoms with Gasteiger partial charge in [-0.2, -0.15) is 0 Å². The Balaban J connectivity index is -0.000000519. The van der Waals surface area contributed by atoms with Crippen molar-refractivity contribution in [2.75, 3.05) is 0 Å². The van der Waals surface area contributed by atoms with Crippen molar-refractivity contribution in [3.8, 4) is 0 Å². The van der Waals surface area contributed by atoms with E-state index in [-0.39, 0.29) is 18.0 Å². The van der Waals surface area contributed by atoms with Crippen molar-refractivity contribution in [1.82, 2.24) is 0 Å². The van der Waals surface area contributed by atoms with E-state index in [1.54, 1.807) is 6.92 Å². The predicted octanol–water partition coefficient (Wildman–Crippen LogP) is 12.4. The second kappa shape index (κ2) is 26.5. The third kappa shape index (κ3) is 21.9. The monoisotopic (exact) mass is 591 g/mol. The first-order valence-corrected chi connectivity index (χ1v) is 15.6. The quantitative estimate of drug-likeness (QED) is 0.179. The largest absolute Gasteiger partial charge is 0.401 e. The Labute approximate surface area is 256 Å². The lowest BCUT2D eigenvalue weighted by atomic mass is 10.1. The van der Waals surface area contributed by atoms with E-state index in [4.69, 9.17) is 5.73 Å². The number of carbonyl (C=O) groups excluding carboxylic acids is 1. The van der Waals surface area contributed by atoms with Crippen molar-refractivity contribution in [3.63, 3.8) is 0 Å². The number of ketones is 1. The number of aryl methyl sites for hydroxylation is 2. The summed E-state index contributed by atoms with van der Waals surface area (Å²) in [5.74, 6) is -1.43. The lowest BCUT2D eigenvalue weighted by molar-refractivity contribution is 0.103. The molecule has 5 heteroatoms. The molecule has 0 radical (unpaired) electrons. The fraction of sp³-hybridized carbons (Fsp3) is 0.528. The summed E-state index contributed by atoms with van der Waals surface area (Å²) in [5, 5.41) is 0. The van der Waals surface area contributed by atoms with Crippen molar-refractivity contribution >= 4 is 17.5 Å². The first kappa shape index (κ1) is 43.1. The first-order valence-electron chi connectivity index (χ1n) is 14.8. The standard InChI is InChI=1S/C13H13F2NOS.C8H10.C7H16.C5H10.C2H6.CH4/c1-7(2)18-13(8(3)16)12(17)11-9(14)5-4-6-10(11)15;1-7-3-5-8(2)6-4-7;1-3-5-7-6-4-2;1-2-5-3-4-5;1-2;/h4-6H,1,16H2,2-3H3;3-6H,1-2H3;3-7H2,1-2H3;5H,2-4H2,1H3;1-2H3;1H4/b13-8+;;;;;. The molecule has 1 fully saturated rings. The van der Waals surface area contributed by atoms with Crippen LogP contribution in [-0.4, -0.2) is 5.78 Å². The number of halogens is 2. The van der Waals surface area contributed by atoms with Crippen LogP contribution in [0.2, 0.25) is 0 Å². The Bertz CT molecular complexity index is 946. The highest BCUT2D eigenvalue weighted by Crippen LogP contribution is 2.31. The van der Waals surface area contributed by atoms with Gasteiger partial charge in [-0.25, -0.2) is 8.78 Å². The molecule has 1 saturated carbocycles. The zero-order valence-corrected chi connectivity index (χ0v) is 27.4. The SMILES string of the molecule is C.C=C(C)S/C(C(=O)c1c(F)cccc1F)=C(\C)N.CC.CCC1CC1.CCCCCCC.Cc1ccc(C)cc1. The minimum Gasteiger partial charge on any atom is -0.401 e. The molecular weight excluding hydrogens is 532 g/mol. The third-order valence-corrected chi connectivity index (χ3v) is 6.79. The normalized spacial score (nSPS) is 11.7. The highest BCUT2D eigenvalue weighted by Gasteiger charge is 2.22. The van der Waals surface area contributed by atoms with Crippen LogP contribution in [0.1, 0.15) is 129 Å². The lowest BCUT2D eigenvalue weighted by Crippen LogP contribution is -2.11. The maximum atomic E-state index is 13.5. The van der Waals surface area contributed by atoms with Gasteiger partial charge in [-0.05, 0) is 50.7 Å². The maximum Gasteiger partial charge on any atom is 0.207 e. The fourth-order valence-electron chi connectivity index (χ4n) is 3.15. The predicted molar refractivity (Wildman–Crippen MR) is 181 cm³/mol. The van der Waals surface area contributed by atoms with Gasteiger partial charge in [0.2, 0.25) is 5.78 Å². The number of unbranched alkanes of at least 4 members (excludes halogenated alkanes) is 4. The Morgan fingerprint density at radius 3 is 1.56 bits per heavy atom. The number of rotatable bonds is 9. The van der Waals surface area contributed by atoms with Gasteiger partial charge in [0.1, 0.15) is 11.6 Å². The Hall–Kier alpha value is -2.40. The van der Waals surface area contributed by atoms with Crippen LogP contribution in [0, 0.1) is 31.4 Å². The molecule has 0 aliphatic heterocycles. The number of carbonyl (C=O) groups is 1. The topological polar surface area (TPSA) is 43.1 Å². The van der Waals surface area contributed by atoms with Gasteiger partial charge in [0.25, 0.3) is 0 Å². The number of Topliss-reactive ketones (excluding diaryl/α,β-unsaturated/α-hetero) is 1. The van der Waals surface area contributed by atoms with E-state index < -0.39 is 23.0 Å². The average Bonchev–Trinajstić information content (AvgIpc) is 3.76. The van der Waals surface area contributed by atoms with Crippen LogP contribution in [0.25, 0.3) is 0 Å². The number of benzene rings is 2. The summed E-state index contributed by atoms with van der Waals surface area (Å²) in [4.78, 5) is 12.8. The van der Waals surface area contributed by atoms with Crippen molar-refractivity contribution in [2.24, 2.45) is 11.7 Å². The van der Waals surface area contributed by atoms with E-state index in [1.807, 2.05) is 13.8 Å². The molecule has 41 heavy (non-hydrogen) atoms. The van der Waals surface area contributed by atoms with Gasteiger partial charge in [0, 0.05) is 5.70 Å². The molecule has 0 heterocycles. The summed E-state index contributed by atoms with van der Waals surface area (Å²) >= 11 is 1.01. The van der Waals surface area contributed by atoms with Crippen LogP contribution in [0.4, 0.5) is 8.78 Å².